The lowest BCUT2D eigenvalue weighted by molar-refractivity contribution is -0.124. The van der Waals surface area contributed by atoms with Gasteiger partial charge in [-0.05, 0) is 38.4 Å². The van der Waals surface area contributed by atoms with Crippen LogP contribution < -0.4 is 10.6 Å². The van der Waals surface area contributed by atoms with Gasteiger partial charge in [0.25, 0.3) is 0 Å². The van der Waals surface area contributed by atoms with Gasteiger partial charge in [0.1, 0.15) is 11.6 Å². The molecule has 1 unspecified atom stereocenters. The number of amides is 1. The number of benzene rings is 1. The molecule has 20 heavy (non-hydrogen) atoms. The summed E-state index contributed by atoms with van der Waals surface area (Å²) in [5.74, 6) is -1.47. The lowest BCUT2D eigenvalue weighted by Crippen LogP contribution is -2.47. The fourth-order valence-corrected chi connectivity index (χ4v) is 2.39. The van der Waals surface area contributed by atoms with Crippen molar-refractivity contribution in [2.45, 2.75) is 38.3 Å². The van der Waals surface area contributed by atoms with E-state index in [9.17, 15) is 13.6 Å². The lowest BCUT2D eigenvalue weighted by Gasteiger charge is -2.25. The maximum atomic E-state index is 13.6. The van der Waals surface area contributed by atoms with E-state index in [4.69, 9.17) is 0 Å². The summed E-state index contributed by atoms with van der Waals surface area (Å²) in [5, 5.41) is 5.77. The number of hydrogen-bond acceptors (Lipinski definition) is 2. The molecule has 2 rings (SSSR count). The summed E-state index contributed by atoms with van der Waals surface area (Å²) in [6, 6.07) is 2.76. The van der Waals surface area contributed by atoms with E-state index in [2.05, 4.69) is 10.6 Å². The zero-order chi connectivity index (χ0) is 13.8. The van der Waals surface area contributed by atoms with Crippen LogP contribution in [0.1, 0.15) is 37.8 Å². The second-order valence-corrected chi connectivity index (χ2v) is 4.87. The van der Waals surface area contributed by atoms with E-state index in [1.807, 2.05) is 0 Å². The Morgan fingerprint density at radius 3 is 2.55 bits per heavy atom. The Kier molecular flexibility index (Phi) is 6.36. The van der Waals surface area contributed by atoms with Crippen molar-refractivity contribution in [3.8, 4) is 0 Å². The van der Waals surface area contributed by atoms with Gasteiger partial charge in [-0.2, -0.15) is 0 Å². The number of rotatable bonds is 3. The van der Waals surface area contributed by atoms with E-state index >= 15 is 0 Å². The Labute approximate surface area is 123 Å². The minimum absolute atomic E-state index is 0. The second kappa shape index (κ2) is 7.55. The molecule has 1 aromatic carbocycles. The Morgan fingerprint density at radius 1 is 1.35 bits per heavy atom. The van der Waals surface area contributed by atoms with Gasteiger partial charge in [0.15, 0.2) is 0 Å². The molecule has 0 radical (unpaired) electrons. The third kappa shape index (κ3) is 3.90. The predicted octanol–water partition coefficient (Wildman–Crippen LogP) is 2.71. The van der Waals surface area contributed by atoms with Gasteiger partial charge in [-0.1, -0.05) is 12.5 Å². The summed E-state index contributed by atoms with van der Waals surface area (Å²) in [5.41, 5.74) is -0.0911. The lowest BCUT2D eigenvalue weighted by atomic mass is 10.0. The molecule has 0 aliphatic carbocycles. The van der Waals surface area contributed by atoms with Crippen LogP contribution in [0.25, 0.3) is 0 Å². The van der Waals surface area contributed by atoms with Crippen LogP contribution in [0, 0.1) is 11.6 Å². The first-order valence-electron chi connectivity index (χ1n) is 6.57. The first kappa shape index (κ1) is 16.9. The first-order chi connectivity index (χ1) is 9.09. The van der Waals surface area contributed by atoms with Crippen molar-refractivity contribution in [1.82, 2.24) is 10.6 Å². The molecule has 0 bridgehead atoms. The highest BCUT2D eigenvalue weighted by Crippen LogP contribution is 2.20. The summed E-state index contributed by atoms with van der Waals surface area (Å²) in [6.07, 6.45) is 2.81. The fourth-order valence-electron chi connectivity index (χ4n) is 2.39. The SMILES string of the molecule is CC(NC(=O)[C@@H]1CCCCN1)c1c(F)cccc1F.Cl. The number of piperidine rings is 1. The van der Waals surface area contributed by atoms with E-state index in [1.165, 1.54) is 18.2 Å². The average Bonchev–Trinajstić information content (AvgIpc) is 2.39. The van der Waals surface area contributed by atoms with Crippen LogP contribution in [0.3, 0.4) is 0 Å². The van der Waals surface area contributed by atoms with Crippen molar-refractivity contribution in [3.05, 3.63) is 35.4 Å². The number of halogens is 3. The maximum absolute atomic E-state index is 13.6. The zero-order valence-corrected chi connectivity index (χ0v) is 12.1. The van der Waals surface area contributed by atoms with Gasteiger partial charge < -0.3 is 10.6 Å². The predicted molar refractivity (Wildman–Crippen MR) is 75.8 cm³/mol. The highest BCUT2D eigenvalue weighted by atomic mass is 35.5. The minimum Gasteiger partial charge on any atom is -0.348 e. The minimum atomic E-state index is -0.683. The summed E-state index contributed by atoms with van der Waals surface area (Å²) in [4.78, 5) is 12.0. The molecule has 0 aromatic heterocycles. The Bertz CT molecular complexity index is 444. The van der Waals surface area contributed by atoms with Crippen molar-refractivity contribution in [1.29, 1.82) is 0 Å². The van der Waals surface area contributed by atoms with Gasteiger partial charge in [0.05, 0.1) is 12.1 Å². The molecule has 0 spiro atoms. The Balaban J connectivity index is 0.00000200. The monoisotopic (exact) mass is 304 g/mol. The molecule has 3 nitrogen and oxygen atoms in total. The summed E-state index contributed by atoms with van der Waals surface area (Å²) < 4.78 is 27.2. The normalized spacial score (nSPS) is 19.9. The van der Waals surface area contributed by atoms with E-state index < -0.39 is 17.7 Å². The molecule has 1 aromatic rings. The van der Waals surface area contributed by atoms with Crippen LogP contribution in [-0.4, -0.2) is 18.5 Å². The van der Waals surface area contributed by atoms with Crippen molar-refractivity contribution in [3.63, 3.8) is 0 Å². The third-order valence-electron chi connectivity index (χ3n) is 3.42. The number of carbonyl (C=O) groups is 1. The van der Waals surface area contributed by atoms with Crippen LogP contribution in [0.15, 0.2) is 18.2 Å². The molecule has 1 heterocycles. The molecule has 0 saturated carbocycles. The standard InChI is InChI=1S/C14H18F2N2O.ClH/c1-9(13-10(15)5-4-6-11(13)16)18-14(19)12-7-2-3-8-17-12;/h4-6,9,12,17H,2-3,7-8H2,1H3,(H,18,19);1H/t9?,12-;/m0./s1. The molecule has 2 N–H and O–H groups in total. The molecule has 112 valence electrons. The summed E-state index contributed by atoms with van der Waals surface area (Å²) >= 11 is 0. The average molecular weight is 305 g/mol. The van der Waals surface area contributed by atoms with E-state index in [0.717, 1.165) is 25.8 Å². The molecular weight excluding hydrogens is 286 g/mol. The quantitative estimate of drug-likeness (QED) is 0.901. The van der Waals surface area contributed by atoms with Crippen molar-refractivity contribution in [2.24, 2.45) is 0 Å². The van der Waals surface area contributed by atoms with Crippen LogP contribution in [0.2, 0.25) is 0 Å². The van der Waals surface area contributed by atoms with E-state index in [0.29, 0.717) is 0 Å². The van der Waals surface area contributed by atoms with E-state index in [1.54, 1.807) is 6.92 Å². The third-order valence-corrected chi connectivity index (χ3v) is 3.42. The number of nitrogens with one attached hydrogen (secondary N) is 2. The Hall–Kier alpha value is -1.20. The molecule has 2 atom stereocenters. The van der Waals surface area contributed by atoms with E-state index in [-0.39, 0.29) is 29.9 Å². The highest BCUT2D eigenvalue weighted by Gasteiger charge is 2.24. The zero-order valence-electron chi connectivity index (χ0n) is 11.3. The fraction of sp³-hybridized carbons (Fsp3) is 0.500. The number of hydrogen-bond donors (Lipinski definition) is 2. The van der Waals surface area contributed by atoms with Crippen molar-refractivity contribution in [2.75, 3.05) is 6.54 Å². The van der Waals surface area contributed by atoms with Crippen LogP contribution in [0.4, 0.5) is 8.78 Å². The van der Waals surface area contributed by atoms with Gasteiger partial charge in [-0.3, -0.25) is 4.79 Å². The molecular formula is C14H19ClF2N2O. The molecule has 1 saturated heterocycles. The topological polar surface area (TPSA) is 41.1 Å². The largest absolute Gasteiger partial charge is 0.348 e. The van der Waals surface area contributed by atoms with Crippen LogP contribution in [-0.2, 0) is 4.79 Å². The maximum Gasteiger partial charge on any atom is 0.237 e. The van der Waals surface area contributed by atoms with Gasteiger partial charge in [0, 0.05) is 5.56 Å². The molecule has 1 fully saturated rings. The molecule has 1 aliphatic heterocycles. The first-order valence-corrected chi connectivity index (χ1v) is 6.57. The molecule has 6 heteroatoms. The van der Waals surface area contributed by atoms with Gasteiger partial charge in [-0.15, -0.1) is 12.4 Å². The Morgan fingerprint density at radius 2 is 2.00 bits per heavy atom. The van der Waals surface area contributed by atoms with Gasteiger partial charge in [0.2, 0.25) is 5.91 Å². The molecule has 1 aliphatic rings. The highest BCUT2D eigenvalue weighted by molar-refractivity contribution is 5.85. The second-order valence-electron chi connectivity index (χ2n) is 4.87. The van der Waals surface area contributed by atoms with Gasteiger partial charge >= 0.3 is 0 Å². The molecule has 1 amide bonds. The summed E-state index contributed by atoms with van der Waals surface area (Å²) in [7, 11) is 0. The van der Waals surface area contributed by atoms with Crippen LogP contribution in [0.5, 0.6) is 0 Å². The number of carbonyl (C=O) groups excluding carboxylic acids is 1. The van der Waals surface area contributed by atoms with Crippen LogP contribution >= 0.6 is 12.4 Å². The van der Waals surface area contributed by atoms with Crippen molar-refractivity contribution < 1.29 is 13.6 Å². The van der Waals surface area contributed by atoms with Crippen molar-refractivity contribution >= 4 is 18.3 Å². The summed E-state index contributed by atoms with van der Waals surface area (Å²) in [6.45, 7) is 2.39. The smallest absolute Gasteiger partial charge is 0.237 e. The van der Waals surface area contributed by atoms with Gasteiger partial charge in [-0.25, -0.2) is 8.78 Å².